The highest BCUT2D eigenvalue weighted by Gasteiger charge is 2.31. The Balaban J connectivity index is 1.04. The molecule has 42 heavy (non-hydrogen) atoms. The Labute approximate surface area is 247 Å². The lowest BCUT2D eigenvalue weighted by Gasteiger charge is -2.36. The quantitative estimate of drug-likeness (QED) is 0.297. The summed E-state index contributed by atoms with van der Waals surface area (Å²) in [4.78, 5) is 0. The van der Waals surface area contributed by atoms with Gasteiger partial charge in [-0.05, 0) is 131 Å². The zero-order chi connectivity index (χ0) is 29.8. The molecule has 2 atom stereocenters. The van der Waals surface area contributed by atoms with E-state index in [9.17, 15) is 22.7 Å². The molecule has 0 saturated heterocycles. The summed E-state index contributed by atoms with van der Waals surface area (Å²) in [5.41, 5.74) is 1.67. The van der Waals surface area contributed by atoms with Crippen LogP contribution in [0.4, 0.5) is 17.6 Å². The predicted molar refractivity (Wildman–Crippen MR) is 156 cm³/mol. The average Bonchev–Trinajstić information content (AvgIpc) is 3.00. The molecule has 0 spiro atoms. The number of benzene rings is 2. The first-order valence-electron chi connectivity index (χ1n) is 15.8. The minimum absolute atomic E-state index is 0.00341. The van der Waals surface area contributed by atoms with Gasteiger partial charge in [0, 0.05) is 17.7 Å². The van der Waals surface area contributed by atoms with Crippen molar-refractivity contribution in [3.8, 4) is 5.75 Å². The molecule has 230 valence electrons. The van der Waals surface area contributed by atoms with Crippen LogP contribution in [0.3, 0.4) is 0 Å². The van der Waals surface area contributed by atoms with Crippen LogP contribution in [0.5, 0.6) is 5.75 Å². The summed E-state index contributed by atoms with van der Waals surface area (Å²) in [6, 6.07) is 6.30. The molecular weight excluding hydrogens is 544 g/mol. The molecule has 2 saturated carbocycles. The van der Waals surface area contributed by atoms with Crippen molar-refractivity contribution in [1.29, 1.82) is 0 Å². The Hall–Kier alpha value is -2.38. The maximum Gasteiger partial charge on any atom is 0.201 e. The number of hydrogen-bond acceptors (Lipinski definition) is 3. The summed E-state index contributed by atoms with van der Waals surface area (Å²) in [5.74, 6) is -1.73. The highest BCUT2D eigenvalue weighted by molar-refractivity contribution is 5.67. The number of aliphatic hydroxyl groups excluding tert-OH is 1. The van der Waals surface area contributed by atoms with E-state index in [-0.39, 0.29) is 23.3 Å². The van der Waals surface area contributed by atoms with E-state index in [1.807, 2.05) is 0 Å². The van der Waals surface area contributed by atoms with E-state index in [1.165, 1.54) is 31.9 Å². The molecule has 3 aliphatic carbocycles. The van der Waals surface area contributed by atoms with E-state index in [1.54, 1.807) is 19.1 Å². The number of hydrogen-bond donors (Lipinski definition) is 1. The summed E-state index contributed by atoms with van der Waals surface area (Å²) >= 11 is 0. The molecule has 0 aromatic heterocycles. The third kappa shape index (κ3) is 6.88. The van der Waals surface area contributed by atoms with Gasteiger partial charge in [-0.25, -0.2) is 13.2 Å². The fraction of sp³-hybridized carbons (Fsp3) is 0.600. The van der Waals surface area contributed by atoms with Crippen molar-refractivity contribution in [1.82, 2.24) is 0 Å². The van der Waals surface area contributed by atoms with Gasteiger partial charge in [0.25, 0.3) is 0 Å². The van der Waals surface area contributed by atoms with E-state index >= 15 is 0 Å². The number of ether oxygens (including phenoxy) is 2. The Kier molecular flexibility index (Phi) is 10.3. The molecule has 3 aliphatic rings. The van der Waals surface area contributed by atoms with Crippen LogP contribution in [0.15, 0.2) is 30.3 Å². The first-order chi connectivity index (χ1) is 20.3. The van der Waals surface area contributed by atoms with Crippen molar-refractivity contribution >= 4 is 5.57 Å². The fourth-order valence-corrected chi connectivity index (χ4v) is 7.43. The number of allylic oxidation sites excluding steroid dienone is 2. The van der Waals surface area contributed by atoms with E-state index in [2.05, 4.69) is 6.08 Å². The summed E-state index contributed by atoms with van der Waals surface area (Å²) in [7, 11) is 0. The van der Waals surface area contributed by atoms with Gasteiger partial charge < -0.3 is 14.6 Å². The lowest BCUT2D eigenvalue weighted by Crippen LogP contribution is -2.28. The molecule has 0 bridgehead atoms. The molecule has 2 aromatic rings. The standard InChI is InChI=1S/C35H44F4O3/c1-3-41-31-19-18-30(34(38)35(31)39)25-10-8-24(9-11-25)23-6-4-22(5-7-23)20-42-27-14-12-26(13-15-27)29-17-16-28(21(2)40)32(36)33(29)37/h10,16-19,21-24,26-27,40H,3-9,11-15,20H2,1-2H3. The number of halogens is 4. The highest BCUT2D eigenvalue weighted by atomic mass is 19.2. The van der Waals surface area contributed by atoms with Crippen LogP contribution in [-0.2, 0) is 4.74 Å². The second kappa shape index (κ2) is 13.9. The first-order valence-corrected chi connectivity index (χ1v) is 15.8. The third-order valence-corrected chi connectivity index (χ3v) is 9.98. The molecular formula is C35H44F4O3. The van der Waals surface area contributed by atoms with E-state index in [0.29, 0.717) is 35.5 Å². The van der Waals surface area contributed by atoms with Crippen LogP contribution in [0.2, 0.25) is 0 Å². The highest BCUT2D eigenvalue weighted by Crippen LogP contribution is 2.43. The maximum atomic E-state index is 14.7. The molecule has 0 amide bonds. The van der Waals surface area contributed by atoms with Gasteiger partial charge >= 0.3 is 0 Å². The van der Waals surface area contributed by atoms with Crippen LogP contribution >= 0.6 is 0 Å². The molecule has 3 nitrogen and oxygen atoms in total. The normalized spacial score (nSPS) is 27.4. The SMILES string of the molecule is CCOc1ccc(C2=CCC(C3CCC(COC4CCC(c5ccc(C(C)O)c(F)c5F)CC4)CC3)CC2)c(F)c1F. The number of aliphatic hydroxyl groups is 1. The zero-order valence-corrected chi connectivity index (χ0v) is 24.8. The molecule has 5 rings (SSSR count). The van der Waals surface area contributed by atoms with Crippen molar-refractivity contribution in [2.45, 2.75) is 103 Å². The summed E-state index contributed by atoms with van der Waals surface area (Å²) < 4.78 is 69.6. The molecule has 2 unspecified atom stereocenters. The second-order valence-corrected chi connectivity index (χ2v) is 12.6. The molecule has 2 aromatic carbocycles. The Morgan fingerprint density at radius 1 is 0.810 bits per heavy atom. The predicted octanol–water partition coefficient (Wildman–Crippen LogP) is 9.43. The van der Waals surface area contributed by atoms with Gasteiger partial charge in [-0.15, -0.1) is 0 Å². The van der Waals surface area contributed by atoms with E-state index < -0.39 is 29.4 Å². The summed E-state index contributed by atoms with van der Waals surface area (Å²) in [5, 5.41) is 9.65. The molecule has 7 heteroatoms. The van der Waals surface area contributed by atoms with Gasteiger partial charge in [0.1, 0.15) is 0 Å². The largest absolute Gasteiger partial charge is 0.491 e. The van der Waals surface area contributed by atoms with Gasteiger partial charge in [-0.2, -0.15) is 4.39 Å². The minimum atomic E-state index is -1.03. The van der Waals surface area contributed by atoms with Crippen molar-refractivity contribution < 1.29 is 32.1 Å². The van der Waals surface area contributed by atoms with E-state index in [4.69, 9.17) is 9.47 Å². The van der Waals surface area contributed by atoms with Gasteiger partial charge in [0.15, 0.2) is 23.2 Å². The van der Waals surface area contributed by atoms with Crippen molar-refractivity contribution in [3.63, 3.8) is 0 Å². The van der Waals surface area contributed by atoms with Crippen LogP contribution in [0.1, 0.15) is 113 Å². The van der Waals surface area contributed by atoms with Crippen molar-refractivity contribution in [2.75, 3.05) is 13.2 Å². The topological polar surface area (TPSA) is 38.7 Å². The molecule has 1 N–H and O–H groups in total. The fourth-order valence-electron chi connectivity index (χ4n) is 7.43. The number of rotatable bonds is 9. The second-order valence-electron chi connectivity index (χ2n) is 12.6. The Morgan fingerprint density at radius 3 is 2.19 bits per heavy atom. The average molecular weight is 589 g/mol. The van der Waals surface area contributed by atoms with Crippen LogP contribution < -0.4 is 4.74 Å². The van der Waals surface area contributed by atoms with E-state index in [0.717, 1.165) is 70.0 Å². The molecule has 2 fully saturated rings. The maximum absolute atomic E-state index is 14.7. The van der Waals surface area contributed by atoms with Gasteiger partial charge in [0.05, 0.1) is 18.8 Å². The lowest BCUT2D eigenvalue weighted by molar-refractivity contribution is -0.00689. The summed E-state index contributed by atoms with van der Waals surface area (Å²) in [6.07, 6.45) is 11.8. The van der Waals surface area contributed by atoms with Gasteiger partial charge in [-0.1, -0.05) is 18.2 Å². The molecule has 0 heterocycles. The molecule has 0 radical (unpaired) electrons. The molecule has 0 aliphatic heterocycles. The van der Waals surface area contributed by atoms with Crippen LogP contribution in [0, 0.1) is 41.0 Å². The van der Waals surface area contributed by atoms with Crippen molar-refractivity contribution in [2.24, 2.45) is 17.8 Å². The monoisotopic (exact) mass is 588 g/mol. The van der Waals surface area contributed by atoms with Crippen LogP contribution in [0.25, 0.3) is 5.57 Å². The van der Waals surface area contributed by atoms with Crippen LogP contribution in [-0.4, -0.2) is 24.4 Å². The Bertz CT molecular complexity index is 1240. The smallest absolute Gasteiger partial charge is 0.201 e. The Morgan fingerprint density at radius 2 is 1.55 bits per heavy atom. The third-order valence-electron chi connectivity index (χ3n) is 9.98. The summed E-state index contributed by atoms with van der Waals surface area (Å²) in [6.45, 7) is 4.24. The minimum Gasteiger partial charge on any atom is -0.491 e. The van der Waals surface area contributed by atoms with Crippen molar-refractivity contribution in [3.05, 3.63) is 70.3 Å². The van der Waals surface area contributed by atoms with Gasteiger partial charge in [0.2, 0.25) is 5.82 Å². The lowest BCUT2D eigenvalue weighted by atomic mass is 9.71. The van der Waals surface area contributed by atoms with Gasteiger partial charge in [-0.3, -0.25) is 0 Å². The zero-order valence-electron chi connectivity index (χ0n) is 24.8. The first kappa shape index (κ1) is 31.1.